The van der Waals surface area contributed by atoms with Gasteiger partial charge >= 0.3 is 0 Å². The lowest BCUT2D eigenvalue weighted by Gasteiger charge is -2.30. The standard InChI is InChI=1S/C26H31N7O2/c1-27-26-28-11-10-22(31-26)19-15-23(25(35)29-16-19)30-24(34)18-6-8-20(9-7-18)33-14-4-5-21(33)17-32-12-2-3-13-32/h6-11,15-16,21H,2-5,12-14,17H2,1H3,(H,29,35)(H,30,34)(H,27,28,31)/t21-/m1/s1. The highest BCUT2D eigenvalue weighted by molar-refractivity contribution is 6.04. The van der Waals surface area contributed by atoms with Crippen LogP contribution in [0.1, 0.15) is 36.0 Å². The number of hydrogen-bond acceptors (Lipinski definition) is 7. The topological polar surface area (TPSA) is 106 Å². The van der Waals surface area contributed by atoms with Crippen molar-refractivity contribution in [2.24, 2.45) is 0 Å². The molecular formula is C26H31N7O2. The van der Waals surface area contributed by atoms with E-state index in [0.29, 0.717) is 28.8 Å². The molecule has 0 spiro atoms. The highest BCUT2D eigenvalue weighted by Crippen LogP contribution is 2.27. The molecule has 9 nitrogen and oxygen atoms in total. The van der Waals surface area contributed by atoms with E-state index in [1.807, 2.05) is 24.3 Å². The summed E-state index contributed by atoms with van der Waals surface area (Å²) < 4.78 is 0. The van der Waals surface area contributed by atoms with Crippen LogP contribution in [0, 0.1) is 0 Å². The summed E-state index contributed by atoms with van der Waals surface area (Å²) in [5.41, 5.74) is 2.76. The lowest BCUT2D eigenvalue weighted by Crippen LogP contribution is -2.39. The van der Waals surface area contributed by atoms with Crippen LogP contribution in [0.15, 0.2) is 53.6 Å². The highest BCUT2D eigenvalue weighted by Gasteiger charge is 2.27. The summed E-state index contributed by atoms with van der Waals surface area (Å²) in [5, 5.41) is 5.64. The zero-order chi connectivity index (χ0) is 24.2. The lowest BCUT2D eigenvalue weighted by molar-refractivity contribution is 0.102. The molecule has 3 aromatic rings. The van der Waals surface area contributed by atoms with Gasteiger partial charge in [-0.1, -0.05) is 0 Å². The van der Waals surface area contributed by atoms with Crippen LogP contribution in [0.4, 0.5) is 17.3 Å². The molecule has 1 aromatic carbocycles. The van der Waals surface area contributed by atoms with Gasteiger partial charge in [0.05, 0.1) is 5.69 Å². The number of carbonyl (C=O) groups excluding carboxylic acids is 1. The number of likely N-dealkylation sites (tertiary alicyclic amines) is 1. The van der Waals surface area contributed by atoms with Crippen LogP contribution in [0.3, 0.4) is 0 Å². The maximum atomic E-state index is 12.9. The predicted octanol–water partition coefficient (Wildman–Crippen LogP) is 3.19. The first-order valence-corrected chi connectivity index (χ1v) is 12.2. The van der Waals surface area contributed by atoms with E-state index >= 15 is 0 Å². The number of aromatic amines is 1. The first-order chi connectivity index (χ1) is 17.1. The number of pyridine rings is 1. The average molecular weight is 474 g/mol. The minimum absolute atomic E-state index is 0.173. The van der Waals surface area contributed by atoms with Crippen LogP contribution in [-0.2, 0) is 0 Å². The van der Waals surface area contributed by atoms with E-state index in [2.05, 4.69) is 35.4 Å². The number of benzene rings is 1. The summed E-state index contributed by atoms with van der Waals surface area (Å²) in [5.74, 6) is 0.146. The summed E-state index contributed by atoms with van der Waals surface area (Å²) in [4.78, 5) is 41.5. The van der Waals surface area contributed by atoms with Gasteiger partial charge in [-0.25, -0.2) is 9.97 Å². The third-order valence-corrected chi connectivity index (χ3v) is 6.83. The van der Waals surface area contributed by atoms with Crippen molar-refractivity contribution in [3.05, 3.63) is 64.7 Å². The average Bonchev–Trinajstić information content (AvgIpc) is 3.58. The molecule has 2 aromatic heterocycles. The molecule has 2 aliphatic rings. The summed E-state index contributed by atoms with van der Waals surface area (Å²) in [6.45, 7) is 4.57. The molecule has 1 amide bonds. The Balaban J connectivity index is 1.28. The molecule has 2 saturated heterocycles. The van der Waals surface area contributed by atoms with E-state index in [0.717, 1.165) is 18.8 Å². The highest BCUT2D eigenvalue weighted by atomic mass is 16.2. The Labute approximate surface area is 204 Å². The van der Waals surface area contributed by atoms with Crippen molar-refractivity contribution in [3.8, 4) is 11.3 Å². The smallest absolute Gasteiger partial charge is 0.271 e. The molecule has 0 unspecified atom stereocenters. The molecular weight excluding hydrogens is 442 g/mol. The number of amides is 1. The van der Waals surface area contributed by atoms with Gasteiger partial charge in [0.2, 0.25) is 5.95 Å². The summed E-state index contributed by atoms with van der Waals surface area (Å²) in [6.07, 6.45) is 8.22. The molecule has 3 N–H and O–H groups in total. The van der Waals surface area contributed by atoms with Crippen molar-refractivity contribution in [1.82, 2.24) is 19.9 Å². The van der Waals surface area contributed by atoms with Gasteiger partial charge in [-0.2, -0.15) is 0 Å². The lowest BCUT2D eigenvalue weighted by atomic mass is 10.1. The van der Waals surface area contributed by atoms with Crippen LogP contribution >= 0.6 is 0 Å². The number of aromatic nitrogens is 3. The zero-order valence-electron chi connectivity index (χ0n) is 20.0. The number of anilines is 3. The van der Waals surface area contributed by atoms with Crippen molar-refractivity contribution in [2.75, 3.05) is 48.8 Å². The molecule has 35 heavy (non-hydrogen) atoms. The molecule has 0 aliphatic carbocycles. The van der Waals surface area contributed by atoms with Crippen LogP contribution in [0.5, 0.6) is 0 Å². The molecule has 2 fully saturated rings. The molecule has 2 aliphatic heterocycles. The van der Waals surface area contributed by atoms with Crippen LogP contribution < -0.4 is 21.1 Å². The maximum Gasteiger partial charge on any atom is 0.271 e. The fraction of sp³-hybridized carbons (Fsp3) is 0.385. The number of hydrogen-bond donors (Lipinski definition) is 3. The van der Waals surface area contributed by atoms with Gasteiger partial charge in [0.25, 0.3) is 11.5 Å². The van der Waals surface area contributed by atoms with Crippen molar-refractivity contribution < 1.29 is 4.79 Å². The Morgan fingerprint density at radius 2 is 1.91 bits per heavy atom. The molecule has 0 saturated carbocycles. The van der Waals surface area contributed by atoms with Gasteiger partial charge in [0, 0.05) is 55.4 Å². The predicted molar refractivity (Wildman–Crippen MR) is 138 cm³/mol. The molecule has 1 atom stereocenters. The third kappa shape index (κ3) is 5.19. The van der Waals surface area contributed by atoms with E-state index < -0.39 is 0 Å². The number of nitrogens with zero attached hydrogens (tertiary/aromatic N) is 4. The van der Waals surface area contributed by atoms with E-state index in [9.17, 15) is 9.59 Å². The number of carbonyl (C=O) groups is 1. The second kappa shape index (κ2) is 10.3. The summed E-state index contributed by atoms with van der Waals surface area (Å²) in [7, 11) is 1.74. The normalized spacial score (nSPS) is 18.1. The Hall–Kier alpha value is -3.72. The van der Waals surface area contributed by atoms with Gasteiger partial charge in [0.1, 0.15) is 5.69 Å². The zero-order valence-corrected chi connectivity index (χ0v) is 20.0. The van der Waals surface area contributed by atoms with Crippen molar-refractivity contribution in [2.45, 2.75) is 31.7 Å². The van der Waals surface area contributed by atoms with Gasteiger partial charge in [0.15, 0.2) is 0 Å². The Morgan fingerprint density at radius 1 is 1.11 bits per heavy atom. The molecule has 182 valence electrons. The van der Waals surface area contributed by atoms with Crippen molar-refractivity contribution in [3.63, 3.8) is 0 Å². The monoisotopic (exact) mass is 473 g/mol. The fourth-order valence-electron chi connectivity index (χ4n) is 4.99. The first-order valence-electron chi connectivity index (χ1n) is 12.2. The minimum atomic E-state index is -0.372. The van der Waals surface area contributed by atoms with Crippen LogP contribution in [0.2, 0.25) is 0 Å². The molecule has 5 rings (SSSR count). The van der Waals surface area contributed by atoms with Gasteiger partial charge in [-0.3, -0.25) is 9.59 Å². The van der Waals surface area contributed by atoms with Gasteiger partial charge < -0.3 is 25.4 Å². The maximum absolute atomic E-state index is 12.9. The third-order valence-electron chi connectivity index (χ3n) is 6.83. The Morgan fingerprint density at radius 3 is 2.69 bits per heavy atom. The van der Waals surface area contributed by atoms with E-state index in [1.165, 1.54) is 38.8 Å². The molecule has 0 radical (unpaired) electrons. The number of nitrogens with one attached hydrogen (secondary N) is 3. The van der Waals surface area contributed by atoms with E-state index in [1.54, 1.807) is 31.6 Å². The number of H-pyrrole nitrogens is 1. The second-order valence-corrected chi connectivity index (χ2v) is 9.14. The fourth-order valence-corrected chi connectivity index (χ4v) is 4.99. The SMILES string of the molecule is CNc1nccc(-c2c[nH]c(=O)c(NC(=O)c3ccc(N4CCC[C@@H]4CN4CCCC4)cc3)c2)n1. The van der Waals surface area contributed by atoms with Crippen LogP contribution in [-0.4, -0.2) is 65.0 Å². The van der Waals surface area contributed by atoms with Crippen LogP contribution in [0.25, 0.3) is 11.3 Å². The molecule has 9 heteroatoms. The second-order valence-electron chi connectivity index (χ2n) is 9.14. The van der Waals surface area contributed by atoms with Crippen molar-refractivity contribution in [1.29, 1.82) is 0 Å². The molecule has 0 bridgehead atoms. The number of rotatable bonds is 7. The van der Waals surface area contributed by atoms with Crippen molar-refractivity contribution >= 4 is 23.2 Å². The quantitative estimate of drug-likeness (QED) is 0.484. The largest absolute Gasteiger partial charge is 0.367 e. The minimum Gasteiger partial charge on any atom is -0.367 e. The van der Waals surface area contributed by atoms with Gasteiger partial charge in [-0.05, 0) is 75.2 Å². The summed E-state index contributed by atoms with van der Waals surface area (Å²) >= 11 is 0. The van der Waals surface area contributed by atoms with E-state index in [4.69, 9.17) is 0 Å². The van der Waals surface area contributed by atoms with E-state index in [-0.39, 0.29) is 17.2 Å². The first kappa shape index (κ1) is 23.0. The molecule has 4 heterocycles. The Kier molecular flexibility index (Phi) is 6.76. The Bertz CT molecular complexity index is 1230. The van der Waals surface area contributed by atoms with Gasteiger partial charge in [-0.15, -0.1) is 0 Å². The summed E-state index contributed by atoms with van der Waals surface area (Å²) in [6, 6.07) is 11.6.